The highest BCUT2D eigenvalue weighted by Crippen LogP contribution is 2.21. The van der Waals surface area contributed by atoms with Crippen molar-refractivity contribution >= 4 is 16.9 Å². The van der Waals surface area contributed by atoms with Gasteiger partial charge in [-0.15, -0.1) is 0 Å². The predicted molar refractivity (Wildman–Crippen MR) is 101 cm³/mol. The molecule has 128 valence electrons. The van der Waals surface area contributed by atoms with Crippen LogP contribution in [-0.2, 0) is 6.54 Å². The third kappa shape index (κ3) is 3.46. The van der Waals surface area contributed by atoms with Crippen molar-refractivity contribution in [2.24, 2.45) is 0 Å². The number of hydrogen-bond acceptors (Lipinski definition) is 5. The lowest BCUT2D eigenvalue weighted by atomic mass is 10.1. The van der Waals surface area contributed by atoms with Crippen molar-refractivity contribution in [1.29, 1.82) is 0 Å². The van der Waals surface area contributed by atoms with Gasteiger partial charge in [-0.1, -0.05) is 6.07 Å². The van der Waals surface area contributed by atoms with E-state index in [0.717, 1.165) is 61.0 Å². The molecule has 0 saturated carbocycles. The van der Waals surface area contributed by atoms with Crippen LogP contribution in [0.3, 0.4) is 0 Å². The van der Waals surface area contributed by atoms with Crippen LogP contribution in [0.4, 0.5) is 5.82 Å². The van der Waals surface area contributed by atoms with Crippen molar-refractivity contribution in [2.75, 3.05) is 31.1 Å². The molecular weight excluding hydrogens is 310 g/mol. The van der Waals surface area contributed by atoms with Crippen LogP contribution in [-0.4, -0.2) is 46.0 Å². The van der Waals surface area contributed by atoms with E-state index in [2.05, 4.69) is 57.0 Å². The van der Waals surface area contributed by atoms with Gasteiger partial charge in [-0.3, -0.25) is 9.88 Å². The monoisotopic (exact) mass is 333 g/mol. The maximum Gasteiger partial charge on any atom is 0.162 e. The average Bonchev–Trinajstić information content (AvgIpc) is 2.62. The normalized spacial score (nSPS) is 15.7. The summed E-state index contributed by atoms with van der Waals surface area (Å²) >= 11 is 0. The van der Waals surface area contributed by atoms with Gasteiger partial charge in [-0.05, 0) is 49.7 Å². The van der Waals surface area contributed by atoms with Crippen molar-refractivity contribution in [3.63, 3.8) is 0 Å². The molecule has 0 spiro atoms. The molecule has 1 saturated heterocycles. The van der Waals surface area contributed by atoms with Gasteiger partial charge in [-0.25, -0.2) is 9.97 Å². The number of piperazine rings is 1. The smallest absolute Gasteiger partial charge is 0.162 e. The van der Waals surface area contributed by atoms with Crippen molar-refractivity contribution < 1.29 is 0 Å². The van der Waals surface area contributed by atoms with E-state index in [-0.39, 0.29) is 0 Å². The van der Waals surface area contributed by atoms with E-state index in [0.29, 0.717) is 0 Å². The topological polar surface area (TPSA) is 45.2 Å². The Kier molecular flexibility index (Phi) is 4.32. The Labute approximate surface area is 148 Å². The first-order chi connectivity index (χ1) is 12.2. The largest absolute Gasteiger partial charge is 0.354 e. The summed E-state index contributed by atoms with van der Waals surface area (Å²) in [6.45, 7) is 9.07. The van der Waals surface area contributed by atoms with E-state index in [1.807, 2.05) is 19.2 Å². The third-order valence-corrected chi connectivity index (χ3v) is 4.80. The van der Waals surface area contributed by atoms with E-state index in [9.17, 15) is 0 Å². The molecule has 0 atom stereocenters. The van der Waals surface area contributed by atoms with Gasteiger partial charge in [0.25, 0.3) is 0 Å². The summed E-state index contributed by atoms with van der Waals surface area (Å²) in [5.74, 6) is 1.03. The second-order valence-electron chi connectivity index (χ2n) is 6.71. The molecule has 3 aromatic heterocycles. The minimum Gasteiger partial charge on any atom is -0.354 e. The fourth-order valence-electron chi connectivity index (χ4n) is 3.45. The Balaban J connectivity index is 1.46. The molecule has 0 unspecified atom stereocenters. The maximum atomic E-state index is 4.81. The first kappa shape index (κ1) is 16.0. The Morgan fingerprint density at radius 2 is 1.80 bits per heavy atom. The Bertz CT molecular complexity index is 870. The molecule has 0 radical (unpaired) electrons. The van der Waals surface area contributed by atoms with Gasteiger partial charge in [0.15, 0.2) is 5.65 Å². The highest BCUT2D eigenvalue weighted by Gasteiger charge is 2.19. The molecular formula is C20H23N5. The number of pyridine rings is 3. The summed E-state index contributed by atoms with van der Waals surface area (Å²) in [6, 6.07) is 12.5. The number of hydrogen-bond donors (Lipinski definition) is 0. The summed E-state index contributed by atoms with van der Waals surface area (Å²) in [5.41, 5.74) is 4.25. The van der Waals surface area contributed by atoms with Gasteiger partial charge in [0.2, 0.25) is 0 Å². The molecule has 0 bridgehead atoms. The van der Waals surface area contributed by atoms with Crippen molar-refractivity contribution in [1.82, 2.24) is 19.9 Å². The van der Waals surface area contributed by atoms with Gasteiger partial charge in [0, 0.05) is 50.0 Å². The van der Waals surface area contributed by atoms with Gasteiger partial charge in [0.1, 0.15) is 5.82 Å². The molecule has 1 aliphatic heterocycles. The van der Waals surface area contributed by atoms with Gasteiger partial charge in [-0.2, -0.15) is 0 Å². The zero-order valence-electron chi connectivity index (χ0n) is 14.8. The summed E-state index contributed by atoms with van der Waals surface area (Å²) in [5, 5.41) is 1.14. The standard InChI is InChI=1S/C20H23N5/c1-15-13-16(2)22-20-18(15)6-7-19(23-20)25-11-9-24(10-12-25)14-17-5-3-4-8-21-17/h3-8,13H,9-12,14H2,1-2H3. The second kappa shape index (κ2) is 6.76. The van der Waals surface area contributed by atoms with Crippen molar-refractivity contribution in [2.45, 2.75) is 20.4 Å². The van der Waals surface area contributed by atoms with Crippen LogP contribution in [0.25, 0.3) is 11.0 Å². The lowest BCUT2D eigenvalue weighted by molar-refractivity contribution is 0.246. The molecule has 0 amide bonds. The summed E-state index contributed by atoms with van der Waals surface area (Å²) in [7, 11) is 0. The van der Waals surface area contributed by atoms with Crippen molar-refractivity contribution in [3.05, 3.63) is 59.5 Å². The van der Waals surface area contributed by atoms with Crippen LogP contribution < -0.4 is 4.90 Å². The number of aryl methyl sites for hydroxylation is 2. The van der Waals surface area contributed by atoms with Crippen LogP contribution in [0.15, 0.2) is 42.6 Å². The molecule has 0 aromatic carbocycles. The number of rotatable bonds is 3. The Morgan fingerprint density at radius 1 is 0.960 bits per heavy atom. The van der Waals surface area contributed by atoms with Gasteiger partial charge in [0.05, 0.1) is 5.69 Å². The SMILES string of the molecule is Cc1cc(C)c2ccc(N3CCN(Cc4ccccn4)CC3)nc2n1. The summed E-state index contributed by atoms with van der Waals surface area (Å²) < 4.78 is 0. The predicted octanol–water partition coefficient (Wildman–Crippen LogP) is 2.96. The Hall–Kier alpha value is -2.53. The van der Waals surface area contributed by atoms with E-state index in [1.165, 1.54) is 5.56 Å². The lowest BCUT2D eigenvalue weighted by Gasteiger charge is -2.35. The van der Waals surface area contributed by atoms with E-state index in [4.69, 9.17) is 4.98 Å². The van der Waals surface area contributed by atoms with Crippen LogP contribution >= 0.6 is 0 Å². The molecule has 5 nitrogen and oxygen atoms in total. The molecule has 4 rings (SSSR count). The number of anilines is 1. The maximum absolute atomic E-state index is 4.81. The zero-order valence-corrected chi connectivity index (χ0v) is 14.8. The third-order valence-electron chi connectivity index (χ3n) is 4.80. The highest BCUT2D eigenvalue weighted by molar-refractivity contribution is 5.80. The fourth-order valence-corrected chi connectivity index (χ4v) is 3.45. The number of aromatic nitrogens is 3. The first-order valence-electron chi connectivity index (χ1n) is 8.81. The second-order valence-corrected chi connectivity index (χ2v) is 6.71. The molecule has 5 heteroatoms. The van der Waals surface area contributed by atoms with E-state index in [1.54, 1.807) is 0 Å². The first-order valence-corrected chi connectivity index (χ1v) is 8.81. The quantitative estimate of drug-likeness (QED) is 0.737. The molecule has 1 fully saturated rings. The van der Waals surface area contributed by atoms with Crippen molar-refractivity contribution in [3.8, 4) is 0 Å². The number of nitrogens with zero attached hydrogens (tertiary/aromatic N) is 5. The van der Waals surface area contributed by atoms with Crippen LogP contribution in [0, 0.1) is 13.8 Å². The molecule has 4 heterocycles. The summed E-state index contributed by atoms with van der Waals surface area (Å²) in [4.78, 5) is 18.7. The van der Waals surface area contributed by atoms with Crippen LogP contribution in [0.1, 0.15) is 17.0 Å². The van der Waals surface area contributed by atoms with Gasteiger partial charge < -0.3 is 4.90 Å². The van der Waals surface area contributed by atoms with Crippen LogP contribution in [0.5, 0.6) is 0 Å². The van der Waals surface area contributed by atoms with E-state index < -0.39 is 0 Å². The van der Waals surface area contributed by atoms with Gasteiger partial charge >= 0.3 is 0 Å². The van der Waals surface area contributed by atoms with Crippen LogP contribution in [0.2, 0.25) is 0 Å². The number of fused-ring (bicyclic) bond motifs is 1. The minimum atomic E-state index is 0.853. The minimum absolute atomic E-state index is 0.853. The average molecular weight is 333 g/mol. The zero-order chi connectivity index (χ0) is 17.2. The highest BCUT2D eigenvalue weighted by atomic mass is 15.3. The summed E-state index contributed by atoms with van der Waals surface area (Å²) in [6.07, 6.45) is 1.86. The molecule has 1 aliphatic rings. The molecule has 25 heavy (non-hydrogen) atoms. The fraction of sp³-hybridized carbons (Fsp3) is 0.350. The lowest BCUT2D eigenvalue weighted by Crippen LogP contribution is -2.46. The molecule has 0 N–H and O–H groups in total. The molecule has 3 aromatic rings. The Morgan fingerprint density at radius 3 is 2.56 bits per heavy atom. The molecule has 0 aliphatic carbocycles. The van der Waals surface area contributed by atoms with E-state index >= 15 is 0 Å².